The number of benzene rings is 2. The summed E-state index contributed by atoms with van der Waals surface area (Å²) in [6.07, 6.45) is 0. The predicted molar refractivity (Wildman–Crippen MR) is 81.5 cm³/mol. The highest BCUT2D eigenvalue weighted by molar-refractivity contribution is 9.10. The smallest absolute Gasteiger partial charge is 0.326 e. The van der Waals surface area contributed by atoms with E-state index in [1.54, 1.807) is 48.5 Å². The maximum Gasteiger partial charge on any atom is 0.326 e. The lowest BCUT2D eigenvalue weighted by Gasteiger charge is -2.07. The van der Waals surface area contributed by atoms with Crippen LogP contribution < -0.4 is 16.4 Å². The molecule has 0 atom stereocenters. The monoisotopic (exact) mass is 333 g/mol. The van der Waals surface area contributed by atoms with Gasteiger partial charge in [-0.15, -0.1) is 0 Å². The van der Waals surface area contributed by atoms with Crippen LogP contribution in [0.1, 0.15) is 10.4 Å². The number of halogens is 1. The first-order valence-corrected chi connectivity index (χ1v) is 6.57. The Bertz CT molecular complexity index is 624. The van der Waals surface area contributed by atoms with Gasteiger partial charge in [-0.2, -0.15) is 0 Å². The number of anilines is 2. The molecule has 102 valence electrons. The zero-order valence-electron chi connectivity index (χ0n) is 10.4. The second-order valence-electron chi connectivity index (χ2n) is 4.04. The fourth-order valence-electron chi connectivity index (χ4n) is 1.51. The Labute approximate surface area is 124 Å². The number of urea groups is 1. The molecule has 6 heteroatoms. The summed E-state index contributed by atoms with van der Waals surface area (Å²) in [5.41, 5.74) is 7.04. The van der Waals surface area contributed by atoms with Gasteiger partial charge in [-0.1, -0.05) is 15.9 Å². The molecule has 0 saturated carbocycles. The van der Waals surface area contributed by atoms with Crippen LogP contribution in [0, 0.1) is 0 Å². The Balaban J connectivity index is 1.95. The fourth-order valence-corrected chi connectivity index (χ4v) is 1.77. The minimum atomic E-state index is -0.589. The van der Waals surface area contributed by atoms with E-state index in [-0.39, 0.29) is 0 Å². The summed E-state index contributed by atoms with van der Waals surface area (Å²) < 4.78 is 0.904. The zero-order chi connectivity index (χ0) is 14.5. The van der Waals surface area contributed by atoms with Gasteiger partial charge in [0.2, 0.25) is 0 Å². The van der Waals surface area contributed by atoms with Crippen LogP contribution in [0.3, 0.4) is 0 Å². The van der Waals surface area contributed by atoms with Crippen molar-refractivity contribution >= 4 is 39.2 Å². The number of hydrogen-bond acceptors (Lipinski definition) is 3. The quantitative estimate of drug-likeness (QED) is 0.738. The molecule has 0 fully saturated rings. The highest BCUT2D eigenvalue weighted by atomic mass is 79.9. The molecule has 4 N–H and O–H groups in total. The average Bonchev–Trinajstić information content (AvgIpc) is 2.42. The van der Waals surface area contributed by atoms with E-state index in [0.29, 0.717) is 16.9 Å². The molecule has 0 heterocycles. The molecule has 0 radical (unpaired) electrons. The van der Waals surface area contributed by atoms with E-state index in [0.717, 1.165) is 4.47 Å². The summed E-state index contributed by atoms with van der Waals surface area (Å²) >= 11 is 3.30. The molecule has 2 aromatic carbocycles. The van der Waals surface area contributed by atoms with Gasteiger partial charge in [0.25, 0.3) is 5.91 Å². The number of nitrogen functional groups attached to an aromatic ring is 1. The summed E-state index contributed by atoms with van der Waals surface area (Å²) in [5.74, 6) is -0.486. The van der Waals surface area contributed by atoms with Crippen LogP contribution in [0.5, 0.6) is 0 Å². The van der Waals surface area contributed by atoms with Crippen LogP contribution in [0.2, 0.25) is 0 Å². The Morgan fingerprint density at radius 1 is 0.950 bits per heavy atom. The van der Waals surface area contributed by atoms with Gasteiger partial charge in [-0.3, -0.25) is 10.1 Å². The van der Waals surface area contributed by atoms with E-state index >= 15 is 0 Å². The molecular weight excluding hydrogens is 322 g/mol. The van der Waals surface area contributed by atoms with E-state index in [9.17, 15) is 9.59 Å². The first kappa shape index (κ1) is 14.1. The summed E-state index contributed by atoms with van der Waals surface area (Å²) in [6.45, 7) is 0. The molecule has 3 amide bonds. The SMILES string of the molecule is Nc1ccc(C(=O)NC(=O)Nc2ccc(Br)cc2)cc1. The number of hydrogen-bond donors (Lipinski definition) is 3. The van der Waals surface area contributed by atoms with Gasteiger partial charge in [-0.05, 0) is 48.5 Å². The van der Waals surface area contributed by atoms with Crippen molar-refractivity contribution in [3.8, 4) is 0 Å². The zero-order valence-corrected chi connectivity index (χ0v) is 12.0. The lowest BCUT2D eigenvalue weighted by Crippen LogP contribution is -2.34. The topological polar surface area (TPSA) is 84.2 Å². The van der Waals surface area contributed by atoms with Gasteiger partial charge in [0.05, 0.1) is 0 Å². The molecule has 0 unspecified atom stereocenters. The molecule has 5 nitrogen and oxygen atoms in total. The Hall–Kier alpha value is -2.34. The van der Waals surface area contributed by atoms with Crippen molar-refractivity contribution in [2.75, 3.05) is 11.1 Å². The molecule has 20 heavy (non-hydrogen) atoms. The Morgan fingerprint density at radius 3 is 2.15 bits per heavy atom. The van der Waals surface area contributed by atoms with Crippen LogP contribution in [0.4, 0.5) is 16.2 Å². The largest absolute Gasteiger partial charge is 0.399 e. The summed E-state index contributed by atoms with van der Waals surface area (Å²) in [6, 6.07) is 12.7. The molecule has 2 aromatic rings. The maximum absolute atomic E-state index is 11.8. The molecule has 0 saturated heterocycles. The van der Waals surface area contributed by atoms with Crippen molar-refractivity contribution in [1.82, 2.24) is 5.32 Å². The van der Waals surface area contributed by atoms with E-state index in [2.05, 4.69) is 26.6 Å². The van der Waals surface area contributed by atoms with E-state index in [1.165, 1.54) is 0 Å². The highest BCUT2D eigenvalue weighted by Crippen LogP contribution is 2.14. The minimum Gasteiger partial charge on any atom is -0.399 e. The van der Waals surface area contributed by atoms with Crippen LogP contribution >= 0.6 is 15.9 Å². The van der Waals surface area contributed by atoms with Crippen molar-refractivity contribution in [3.63, 3.8) is 0 Å². The lowest BCUT2D eigenvalue weighted by molar-refractivity contribution is 0.0967. The number of carbonyl (C=O) groups excluding carboxylic acids is 2. The molecule has 0 bridgehead atoms. The van der Waals surface area contributed by atoms with Crippen molar-refractivity contribution in [3.05, 3.63) is 58.6 Å². The average molecular weight is 334 g/mol. The van der Waals surface area contributed by atoms with E-state index in [4.69, 9.17) is 5.73 Å². The van der Waals surface area contributed by atoms with Crippen LogP contribution in [0.15, 0.2) is 53.0 Å². The summed E-state index contributed by atoms with van der Waals surface area (Å²) in [5, 5.41) is 4.80. The van der Waals surface area contributed by atoms with Crippen molar-refractivity contribution in [2.45, 2.75) is 0 Å². The molecular formula is C14H12BrN3O2. The third kappa shape index (κ3) is 3.83. The molecule has 0 aromatic heterocycles. The molecule has 2 rings (SSSR count). The standard InChI is InChI=1S/C14H12BrN3O2/c15-10-3-7-12(8-4-10)17-14(20)18-13(19)9-1-5-11(16)6-2-9/h1-8H,16H2,(H2,17,18,19,20). The normalized spacial score (nSPS) is 9.85. The maximum atomic E-state index is 11.8. The molecule has 0 aliphatic heterocycles. The van der Waals surface area contributed by atoms with Gasteiger partial charge < -0.3 is 11.1 Å². The van der Waals surface area contributed by atoms with Crippen molar-refractivity contribution < 1.29 is 9.59 Å². The predicted octanol–water partition coefficient (Wildman–Crippen LogP) is 2.99. The fraction of sp³-hybridized carbons (Fsp3) is 0. The van der Waals surface area contributed by atoms with Crippen LogP contribution in [0.25, 0.3) is 0 Å². The van der Waals surface area contributed by atoms with Crippen LogP contribution in [-0.4, -0.2) is 11.9 Å². The number of nitrogens with one attached hydrogen (secondary N) is 2. The van der Waals surface area contributed by atoms with Crippen molar-refractivity contribution in [2.24, 2.45) is 0 Å². The molecule has 0 aliphatic carbocycles. The number of amides is 3. The first-order valence-electron chi connectivity index (χ1n) is 5.78. The Morgan fingerprint density at radius 2 is 1.55 bits per heavy atom. The third-order valence-corrected chi connectivity index (χ3v) is 3.03. The van der Waals surface area contributed by atoms with Gasteiger partial charge in [0.15, 0.2) is 0 Å². The van der Waals surface area contributed by atoms with Crippen LogP contribution in [-0.2, 0) is 0 Å². The van der Waals surface area contributed by atoms with Gasteiger partial charge in [0, 0.05) is 21.4 Å². The number of carbonyl (C=O) groups is 2. The number of imide groups is 1. The van der Waals surface area contributed by atoms with Gasteiger partial charge in [-0.25, -0.2) is 4.79 Å². The molecule has 0 spiro atoms. The second kappa shape index (κ2) is 6.21. The van der Waals surface area contributed by atoms with Gasteiger partial charge >= 0.3 is 6.03 Å². The summed E-state index contributed by atoms with van der Waals surface area (Å²) in [7, 11) is 0. The third-order valence-electron chi connectivity index (χ3n) is 2.50. The van der Waals surface area contributed by atoms with E-state index in [1.807, 2.05) is 0 Å². The van der Waals surface area contributed by atoms with Crippen molar-refractivity contribution in [1.29, 1.82) is 0 Å². The Kier molecular flexibility index (Phi) is 4.37. The van der Waals surface area contributed by atoms with E-state index < -0.39 is 11.9 Å². The second-order valence-corrected chi connectivity index (χ2v) is 4.95. The summed E-state index contributed by atoms with van der Waals surface area (Å²) in [4.78, 5) is 23.5. The number of nitrogens with two attached hydrogens (primary N) is 1. The number of rotatable bonds is 2. The molecule has 0 aliphatic rings. The highest BCUT2D eigenvalue weighted by Gasteiger charge is 2.09. The van der Waals surface area contributed by atoms with Gasteiger partial charge in [0.1, 0.15) is 0 Å². The first-order chi connectivity index (χ1) is 9.54. The minimum absolute atomic E-state index is 0.366. The lowest BCUT2D eigenvalue weighted by atomic mass is 10.2.